The molecule has 4 nitrogen and oxygen atoms in total. The molecule has 1 aliphatic heterocycles. The standard InChI is InChI=1S/C12H8Cl2N2O2S/c13-8-6-15-12(14)16-11(8)19-7-1-2-9-10(5-7)18-4-3-17-9/h1-2,5-6H,3-4H2. The maximum absolute atomic E-state index is 6.03. The molecule has 98 valence electrons. The van der Waals surface area contributed by atoms with Crippen LogP contribution in [0.3, 0.4) is 0 Å². The number of ether oxygens (including phenoxy) is 2. The minimum absolute atomic E-state index is 0.171. The van der Waals surface area contributed by atoms with Gasteiger partial charge < -0.3 is 9.47 Å². The molecule has 0 bridgehead atoms. The lowest BCUT2D eigenvalue weighted by atomic mass is 10.3. The SMILES string of the molecule is Clc1ncc(Cl)c(Sc2ccc3c(c2)OCCO3)n1. The molecule has 0 spiro atoms. The van der Waals surface area contributed by atoms with Crippen LogP contribution in [0.25, 0.3) is 0 Å². The average molecular weight is 315 g/mol. The molecular weight excluding hydrogens is 307 g/mol. The van der Waals surface area contributed by atoms with Gasteiger partial charge in [-0.05, 0) is 29.8 Å². The van der Waals surface area contributed by atoms with Crippen molar-refractivity contribution in [3.05, 3.63) is 34.7 Å². The molecule has 0 saturated carbocycles. The van der Waals surface area contributed by atoms with Crippen LogP contribution < -0.4 is 9.47 Å². The second kappa shape index (κ2) is 5.45. The Morgan fingerprint density at radius 2 is 1.89 bits per heavy atom. The Labute approximate surface area is 124 Å². The van der Waals surface area contributed by atoms with Crippen LogP contribution in [0.4, 0.5) is 0 Å². The van der Waals surface area contributed by atoms with Gasteiger partial charge in [-0.1, -0.05) is 23.4 Å². The Kier molecular flexibility index (Phi) is 3.68. The molecule has 0 N–H and O–H groups in total. The second-order valence-electron chi connectivity index (χ2n) is 3.70. The number of nitrogens with zero attached hydrogens (tertiary/aromatic N) is 2. The molecule has 0 saturated heterocycles. The molecule has 2 aromatic rings. The first-order valence-corrected chi connectivity index (χ1v) is 7.05. The quantitative estimate of drug-likeness (QED) is 0.624. The Balaban J connectivity index is 1.89. The minimum Gasteiger partial charge on any atom is -0.486 e. The predicted molar refractivity (Wildman–Crippen MR) is 73.6 cm³/mol. The topological polar surface area (TPSA) is 44.2 Å². The van der Waals surface area contributed by atoms with Crippen molar-refractivity contribution in [2.45, 2.75) is 9.92 Å². The highest BCUT2D eigenvalue weighted by molar-refractivity contribution is 7.99. The van der Waals surface area contributed by atoms with Crippen molar-refractivity contribution in [3.63, 3.8) is 0 Å². The van der Waals surface area contributed by atoms with Crippen molar-refractivity contribution < 1.29 is 9.47 Å². The van der Waals surface area contributed by atoms with Gasteiger partial charge in [0.2, 0.25) is 5.28 Å². The van der Waals surface area contributed by atoms with Gasteiger partial charge in [0, 0.05) is 4.90 Å². The first kappa shape index (κ1) is 12.8. The number of rotatable bonds is 2. The number of benzene rings is 1. The van der Waals surface area contributed by atoms with Crippen molar-refractivity contribution in [3.8, 4) is 11.5 Å². The number of hydrogen-bond acceptors (Lipinski definition) is 5. The third-order valence-electron chi connectivity index (χ3n) is 2.41. The van der Waals surface area contributed by atoms with E-state index in [0.717, 1.165) is 16.4 Å². The lowest BCUT2D eigenvalue weighted by Gasteiger charge is -2.18. The highest BCUT2D eigenvalue weighted by atomic mass is 35.5. The van der Waals surface area contributed by atoms with Gasteiger partial charge in [-0.2, -0.15) is 0 Å². The van der Waals surface area contributed by atoms with E-state index in [4.69, 9.17) is 32.7 Å². The van der Waals surface area contributed by atoms with Gasteiger partial charge in [0.25, 0.3) is 0 Å². The third kappa shape index (κ3) is 2.88. The monoisotopic (exact) mass is 314 g/mol. The molecule has 1 aromatic heterocycles. The van der Waals surface area contributed by atoms with Crippen molar-refractivity contribution in [1.29, 1.82) is 0 Å². The van der Waals surface area contributed by atoms with E-state index >= 15 is 0 Å². The summed E-state index contributed by atoms with van der Waals surface area (Å²) in [5.41, 5.74) is 0. The maximum Gasteiger partial charge on any atom is 0.223 e. The first-order chi connectivity index (χ1) is 9.22. The van der Waals surface area contributed by atoms with E-state index in [1.807, 2.05) is 18.2 Å². The predicted octanol–water partition coefficient (Wildman–Crippen LogP) is 3.71. The highest BCUT2D eigenvalue weighted by Crippen LogP contribution is 2.38. The largest absolute Gasteiger partial charge is 0.486 e. The van der Waals surface area contributed by atoms with Crippen LogP contribution in [0.1, 0.15) is 0 Å². The van der Waals surface area contributed by atoms with Gasteiger partial charge in [-0.3, -0.25) is 0 Å². The average Bonchev–Trinajstić information content (AvgIpc) is 2.43. The van der Waals surface area contributed by atoms with E-state index < -0.39 is 0 Å². The molecule has 2 heterocycles. The van der Waals surface area contributed by atoms with Crippen LogP contribution in [0.2, 0.25) is 10.3 Å². The van der Waals surface area contributed by atoms with E-state index in [9.17, 15) is 0 Å². The summed E-state index contributed by atoms with van der Waals surface area (Å²) < 4.78 is 11.0. The van der Waals surface area contributed by atoms with Crippen molar-refractivity contribution in [2.75, 3.05) is 13.2 Å². The summed E-state index contributed by atoms with van der Waals surface area (Å²) in [6, 6.07) is 5.68. The molecular formula is C12H8Cl2N2O2S. The molecule has 7 heteroatoms. The zero-order chi connectivity index (χ0) is 13.2. The van der Waals surface area contributed by atoms with E-state index in [1.165, 1.54) is 18.0 Å². The lowest BCUT2D eigenvalue weighted by Crippen LogP contribution is -2.15. The van der Waals surface area contributed by atoms with Crippen LogP contribution in [0.5, 0.6) is 11.5 Å². The number of fused-ring (bicyclic) bond motifs is 1. The third-order valence-corrected chi connectivity index (χ3v) is 3.98. The molecule has 1 aromatic carbocycles. The fourth-order valence-corrected chi connectivity index (χ4v) is 2.80. The number of halogens is 2. The van der Waals surface area contributed by atoms with Gasteiger partial charge in [-0.25, -0.2) is 9.97 Å². The molecule has 3 rings (SSSR count). The molecule has 0 radical (unpaired) electrons. The van der Waals surface area contributed by atoms with Crippen LogP contribution >= 0.6 is 35.0 Å². The van der Waals surface area contributed by atoms with Crippen LogP contribution in [0.15, 0.2) is 34.3 Å². The summed E-state index contributed by atoms with van der Waals surface area (Å²) in [4.78, 5) is 8.85. The fraction of sp³-hybridized carbons (Fsp3) is 0.167. The Morgan fingerprint density at radius 1 is 1.11 bits per heavy atom. The normalized spacial score (nSPS) is 13.4. The Morgan fingerprint density at radius 3 is 2.74 bits per heavy atom. The lowest BCUT2D eigenvalue weighted by molar-refractivity contribution is 0.171. The molecule has 0 fully saturated rings. The maximum atomic E-state index is 6.03. The fourth-order valence-electron chi connectivity index (χ4n) is 1.60. The summed E-state index contributed by atoms with van der Waals surface area (Å²) in [5.74, 6) is 1.48. The molecule has 1 aliphatic rings. The molecule has 0 aliphatic carbocycles. The van der Waals surface area contributed by atoms with E-state index in [0.29, 0.717) is 23.3 Å². The molecule has 0 amide bonds. The number of aromatic nitrogens is 2. The van der Waals surface area contributed by atoms with Crippen LogP contribution in [-0.2, 0) is 0 Å². The van der Waals surface area contributed by atoms with Crippen molar-refractivity contribution >= 4 is 35.0 Å². The Bertz CT molecular complexity index is 625. The summed E-state index contributed by atoms with van der Waals surface area (Å²) in [6.45, 7) is 1.13. The van der Waals surface area contributed by atoms with Crippen LogP contribution in [0, 0.1) is 0 Å². The van der Waals surface area contributed by atoms with Gasteiger partial charge in [0.15, 0.2) is 11.5 Å². The van der Waals surface area contributed by atoms with E-state index in [1.54, 1.807) is 0 Å². The molecule has 19 heavy (non-hydrogen) atoms. The number of hydrogen-bond donors (Lipinski definition) is 0. The van der Waals surface area contributed by atoms with Gasteiger partial charge in [-0.15, -0.1) is 0 Å². The summed E-state index contributed by atoms with van der Waals surface area (Å²) in [7, 11) is 0. The van der Waals surface area contributed by atoms with Gasteiger partial charge in [0.1, 0.15) is 18.2 Å². The highest BCUT2D eigenvalue weighted by Gasteiger charge is 2.13. The van der Waals surface area contributed by atoms with Crippen molar-refractivity contribution in [2.24, 2.45) is 0 Å². The van der Waals surface area contributed by atoms with E-state index in [-0.39, 0.29) is 5.28 Å². The van der Waals surface area contributed by atoms with Crippen LogP contribution in [-0.4, -0.2) is 23.2 Å². The second-order valence-corrected chi connectivity index (χ2v) is 5.51. The zero-order valence-electron chi connectivity index (χ0n) is 9.60. The van der Waals surface area contributed by atoms with E-state index in [2.05, 4.69) is 9.97 Å². The smallest absolute Gasteiger partial charge is 0.223 e. The Hall–Kier alpha value is -1.17. The summed E-state index contributed by atoms with van der Waals surface area (Å²) in [5, 5.41) is 1.24. The molecule has 0 unspecified atom stereocenters. The first-order valence-electron chi connectivity index (χ1n) is 5.48. The molecule has 0 atom stereocenters. The van der Waals surface area contributed by atoms with Gasteiger partial charge in [0.05, 0.1) is 11.2 Å². The zero-order valence-corrected chi connectivity index (χ0v) is 11.9. The summed E-state index contributed by atoms with van der Waals surface area (Å²) >= 11 is 13.2. The minimum atomic E-state index is 0.171. The summed E-state index contributed by atoms with van der Waals surface area (Å²) in [6.07, 6.45) is 1.48. The van der Waals surface area contributed by atoms with Crippen molar-refractivity contribution in [1.82, 2.24) is 9.97 Å². The van der Waals surface area contributed by atoms with Gasteiger partial charge >= 0.3 is 0 Å².